The molecule has 126 valence electrons. The van der Waals surface area contributed by atoms with Crippen molar-refractivity contribution < 1.29 is 9.53 Å². The topological polar surface area (TPSA) is 29.5 Å². The molecule has 0 bridgehead atoms. The van der Waals surface area contributed by atoms with Gasteiger partial charge < -0.3 is 4.74 Å². The molecule has 0 N–H and O–H groups in total. The number of carbonyl (C=O) groups excluding carboxylic acids is 1. The van der Waals surface area contributed by atoms with Crippen molar-refractivity contribution in [2.24, 2.45) is 0 Å². The number of para-hydroxylation sites is 2. The Kier molecular flexibility index (Phi) is 4.35. The third-order valence-corrected chi connectivity index (χ3v) is 4.14. The van der Waals surface area contributed by atoms with E-state index in [1.807, 2.05) is 103 Å². The Bertz CT molecular complexity index is 990. The van der Waals surface area contributed by atoms with Gasteiger partial charge in [-0.25, -0.2) is 9.69 Å². The van der Waals surface area contributed by atoms with E-state index in [-0.39, 0.29) is 0 Å². The van der Waals surface area contributed by atoms with Crippen LogP contribution in [0.5, 0.6) is 5.75 Å². The third-order valence-electron chi connectivity index (χ3n) is 4.14. The minimum atomic E-state index is -0.447. The second kappa shape index (κ2) is 7.11. The van der Waals surface area contributed by atoms with Gasteiger partial charge in [0.1, 0.15) is 5.75 Å². The quantitative estimate of drug-likeness (QED) is 0.446. The second-order valence-corrected chi connectivity index (χ2v) is 5.88. The summed E-state index contributed by atoms with van der Waals surface area (Å²) in [6, 6.07) is 32.6. The highest BCUT2D eigenvalue weighted by Crippen LogP contribution is 2.27. The third kappa shape index (κ3) is 3.28. The molecule has 0 saturated heterocycles. The average Bonchev–Trinajstić information content (AvgIpc) is 2.70. The average molecular weight is 339 g/mol. The molecule has 4 aromatic carbocycles. The zero-order valence-corrected chi connectivity index (χ0v) is 14.1. The van der Waals surface area contributed by atoms with Crippen LogP contribution in [0.15, 0.2) is 103 Å². The van der Waals surface area contributed by atoms with E-state index in [2.05, 4.69) is 0 Å². The molecule has 3 nitrogen and oxygen atoms in total. The molecule has 0 heterocycles. The van der Waals surface area contributed by atoms with Crippen LogP contribution < -0.4 is 9.64 Å². The van der Waals surface area contributed by atoms with Gasteiger partial charge >= 0.3 is 6.09 Å². The number of rotatable bonds is 3. The van der Waals surface area contributed by atoms with E-state index < -0.39 is 6.09 Å². The van der Waals surface area contributed by atoms with E-state index in [4.69, 9.17) is 4.74 Å². The van der Waals surface area contributed by atoms with Gasteiger partial charge in [-0.3, -0.25) is 0 Å². The molecular formula is C23H17NO2. The number of anilines is 2. The van der Waals surface area contributed by atoms with Gasteiger partial charge in [0.2, 0.25) is 0 Å². The fourth-order valence-electron chi connectivity index (χ4n) is 2.89. The molecule has 4 rings (SSSR count). The van der Waals surface area contributed by atoms with Crippen LogP contribution in [0.2, 0.25) is 0 Å². The van der Waals surface area contributed by atoms with E-state index in [0.29, 0.717) is 5.75 Å². The molecule has 4 aromatic rings. The first-order valence-corrected chi connectivity index (χ1v) is 8.42. The maximum absolute atomic E-state index is 13.0. The summed E-state index contributed by atoms with van der Waals surface area (Å²) in [7, 11) is 0. The second-order valence-electron chi connectivity index (χ2n) is 5.88. The molecule has 0 aliphatic rings. The smallest absolute Gasteiger partial charge is 0.410 e. The van der Waals surface area contributed by atoms with Crippen LogP contribution >= 0.6 is 0 Å². The van der Waals surface area contributed by atoms with Crippen LogP contribution in [-0.2, 0) is 0 Å². The van der Waals surface area contributed by atoms with E-state index in [1.165, 1.54) is 0 Å². The van der Waals surface area contributed by atoms with Crippen LogP contribution in [0.1, 0.15) is 0 Å². The predicted molar refractivity (Wildman–Crippen MR) is 105 cm³/mol. The first-order chi connectivity index (χ1) is 12.8. The molecule has 0 unspecified atom stereocenters. The molecule has 0 aliphatic carbocycles. The number of hydrogen-bond donors (Lipinski definition) is 0. The molecular weight excluding hydrogens is 322 g/mol. The summed E-state index contributed by atoms with van der Waals surface area (Å²) in [6.45, 7) is 0. The number of benzene rings is 4. The lowest BCUT2D eigenvalue weighted by atomic mass is 10.1. The molecule has 26 heavy (non-hydrogen) atoms. The fraction of sp³-hybridized carbons (Fsp3) is 0. The van der Waals surface area contributed by atoms with Crippen molar-refractivity contribution in [3.05, 3.63) is 103 Å². The SMILES string of the molecule is O=C(Oc1ccc2ccccc2c1)N(c1ccccc1)c1ccccc1. The maximum atomic E-state index is 13.0. The first kappa shape index (κ1) is 15.9. The van der Waals surface area contributed by atoms with E-state index in [0.717, 1.165) is 22.1 Å². The van der Waals surface area contributed by atoms with Crippen LogP contribution in [0.25, 0.3) is 10.8 Å². The molecule has 0 spiro atoms. The van der Waals surface area contributed by atoms with Crippen molar-refractivity contribution in [1.29, 1.82) is 0 Å². The lowest BCUT2D eigenvalue weighted by Gasteiger charge is -2.22. The van der Waals surface area contributed by atoms with Crippen LogP contribution in [0.4, 0.5) is 16.2 Å². The van der Waals surface area contributed by atoms with Crippen molar-refractivity contribution in [2.75, 3.05) is 4.90 Å². The Labute approximate surface area is 152 Å². The summed E-state index contributed by atoms with van der Waals surface area (Å²) in [6.07, 6.45) is -0.447. The summed E-state index contributed by atoms with van der Waals surface area (Å²) in [5.74, 6) is 0.519. The van der Waals surface area contributed by atoms with Gasteiger partial charge in [-0.1, -0.05) is 66.7 Å². The normalized spacial score (nSPS) is 10.5. The van der Waals surface area contributed by atoms with Gasteiger partial charge in [-0.05, 0) is 47.2 Å². The minimum Gasteiger partial charge on any atom is -0.410 e. The summed E-state index contributed by atoms with van der Waals surface area (Å²) in [5, 5.41) is 2.14. The highest BCUT2D eigenvalue weighted by molar-refractivity contribution is 5.97. The number of fused-ring (bicyclic) bond motifs is 1. The summed E-state index contributed by atoms with van der Waals surface area (Å²) >= 11 is 0. The molecule has 3 heteroatoms. The number of carbonyl (C=O) groups is 1. The van der Waals surface area contributed by atoms with Gasteiger partial charge in [0.15, 0.2) is 0 Å². The Morgan fingerprint density at radius 1 is 0.615 bits per heavy atom. The van der Waals surface area contributed by atoms with Crippen LogP contribution in [0, 0.1) is 0 Å². The number of hydrogen-bond acceptors (Lipinski definition) is 2. The highest BCUT2D eigenvalue weighted by Gasteiger charge is 2.20. The number of ether oxygens (including phenoxy) is 1. The van der Waals surface area contributed by atoms with Gasteiger partial charge in [0.25, 0.3) is 0 Å². The molecule has 0 fully saturated rings. The number of amides is 1. The molecule has 1 amide bonds. The van der Waals surface area contributed by atoms with Gasteiger partial charge in [-0.15, -0.1) is 0 Å². The van der Waals surface area contributed by atoms with Crippen molar-refractivity contribution >= 4 is 28.2 Å². The minimum absolute atomic E-state index is 0.447. The lowest BCUT2D eigenvalue weighted by Crippen LogP contribution is -2.29. The summed E-state index contributed by atoms with van der Waals surface area (Å²) in [4.78, 5) is 14.5. The van der Waals surface area contributed by atoms with Gasteiger partial charge in [0, 0.05) is 0 Å². The molecule has 0 aromatic heterocycles. The largest absolute Gasteiger partial charge is 0.424 e. The van der Waals surface area contributed by atoms with Crippen molar-refractivity contribution in [3.63, 3.8) is 0 Å². The fourth-order valence-corrected chi connectivity index (χ4v) is 2.89. The van der Waals surface area contributed by atoms with Crippen molar-refractivity contribution in [1.82, 2.24) is 0 Å². The van der Waals surface area contributed by atoms with E-state index in [9.17, 15) is 4.79 Å². The van der Waals surface area contributed by atoms with Gasteiger partial charge in [-0.2, -0.15) is 0 Å². The Balaban J connectivity index is 1.68. The maximum Gasteiger partial charge on any atom is 0.424 e. The Hall–Kier alpha value is -3.59. The van der Waals surface area contributed by atoms with Crippen molar-refractivity contribution in [2.45, 2.75) is 0 Å². The zero-order chi connectivity index (χ0) is 17.8. The van der Waals surface area contributed by atoms with E-state index >= 15 is 0 Å². The van der Waals surface area contributed by atoms with Crippen LogP contribution in [0.3, 0.4) is 0 Å². The van der Waals surface area contributed by atoms with Crippen LogP contribution in [-0.4, -0.2) is 6.09 Å². The number of nitrogens with zero attached hydrogens (tertiary/aromatic N) is 1. The lowest BCUT2D eigenvalue weighted by molar-refractivity contribution is 0.210. The zero-order valence-electron chi connectivity index (χ0n) is 14.1. The molecule has 0 aliphatic heterocycles. The molecule has 0 atom stereocenters. The Morgan fingerprint density at radius 2 is 1.15 bits per heavy atom. The molecule has 0 saturated carbocycles. The van der Waals surface area contributed by atoms with E-state index in [1.54, 1.807) is 4.90 Å². The molecule has 0 radical (unpaired) electrons. The standard InChI is InChI=1S/C23H17NO2/c25-23(26-22-16-15-18-9-7-8-10-19(18)17-22)24(20-11-3-1-4-12-20)21-13-5-2-6-14-21/h1-17H. The summed E-state index contributed by atoms with van der Waals surface area (Å²) in [5.41, 5.74) is 1.51. The summed E-state index contributed by atoms with van der Waals surface area (Å²) < 4.78 is 5.68. The van der Waals surface area contributed by atoms with Crippen molar-refractivity contribution in [3.8, 4) is 5.75 Å². The Morgan fingerprint density at radius 3 is 1.77 bits per heavy atom. The first-order valence-electron chi connectivity index (χ1n) is 8.42. The van der Waals surface area contributed by atoms with Gasteiger partial charge in [0.05, 0.1) is 11.4 Å². The monoisotopic (exact) mass is 339 g/mol. The highest BCUT2D eigenvalue weighted by atomic mass is 16.6. The predicted octanol–water partition coefficient (Wildman–Crippen LogP) is 6.18.